The molecular formula is C21H20N4O2S2. The van der Waals surface area contributed by atoms with Crippen LogP contribution in [0.3, 0.4) is 0 Å². The number of anilines is 1. The number of benzene rings is 2. The molecule has 148 valence electrons. The van der Waals surface area contributed by atoms with Crippen molar-refractivity contribution in [1.82, 2.24) is 15.5 Å². The quantitative estimate of drug-likeness (QED) is 0.314. The van der Waals surface area contributed by atoms with E-state index in [9.17, 15) is 4.79 Å². The first-order chi connectivity index (χ1) is 14.2. The van der Waals surface area contributed by atoms with Crippen molar-refractivity contribution in [3.8, 4) is 0 Å². The number of carbonyl (C=O) groups excluding carboxylic acids is 1. The van der Waals surface area contributed by atoms with Gasteiger partial charge in [0.05, 0.1) is 27.2 Å². The second-order valence-electron chi connectivity index (χ2n) is 6.39. The molecule has 0 fully saturated rings. The largest absolute Gasteiger partial charge is 0.360 e. The third-order valence-corrected chi connectivity index (χ3v) is 6.25. The molecule has 8 heteroatoms. The van der Waals surface area contributed by atoms with E-state index in [1.165, 1.54) is 0 Å². The summed E-state index contributed by atoms with van der Waals surface area (Å²) in [6, 6.07) is 17.5. The van der Waals surface area contributed by atoms with Crippen LogP contribution >= 0.6 is 23.1 Å². The SMILES string of the molecule is Cc1cc(CSc2ccccc2C(=O)NCCNc2nc3ccccc3s2)on1. The molecule has 6 nitrogen and oxygen atoms in total. The van der Waals surface area contributed by atoms with Crippen molar-refractivity contribution < 1.29 is 9.32 Å². The summed E-state index contributed by atoms with van der Waals surface area (Å²) >= 11 is 3.17. The highest BCUT2D eigenvalue weighted by molar-refractivity contribution is 7.98. The predicted octanol–water partition coefficient (Wildman–Crippen LogP) is 4.73. The van der Waals surface area contributed by atoms with Gasteiger partial charge in [0.2, 0.25) is 0 Å². The number of thiazole rings is 1. The maximum absolute atomic E-state index is 12.6. The minimum atomic E-state index is -0.0899. The number of hydrogen-bond donors (Lipinski definition) is 2. The molecule has 2 aromatic heterocycles. The molecule has 0 bridgehead atoms. The van der Waals surface area contributed by atoms with Crippen molar-refractivity contribution in [1.29, 1.82) is 0 Å². The van der Waals surface area contributed by atoms with E-state index in [0.717, 1.165) is 31.7 Å². The Bertz CT molecular complexity index is 1090. The van der Waals surface area contributed by atoms with E-state index in [2.05, 4.69) is 26.8 Å². The Morgan fingerprint density at radius 3 is 2.79 bits per heavy atom. The van der Waals surface area contributed by atoms with Gasteiger partial charge >= 0.3 is 0 Å². The lowest BCUT2D eigenvalue weighted by Crippen LogP contribution is -2.29. The molecule has 0 unspecified atom stereocenters. The van der Waals surface area contributed by atoms with Crippen molar-refractivity contribution >= 4 is 44.4 Å². The van der Waals surface area contributed by atoms with Gasteiger partial charge in [0.1, 0.15) is 5.76 Å². The highest BCUT2D eigenvalue weighted by atomic mass is 32.2. The van der Waals surface area contributed by atoms with E-state index in [0.29, 0.717) is 24.4 Å². The number of fused-ring (bicyclic) bond motifs is 1. The second-order valence-corrected chi connectivity index (χ2v) is 8.44. The highest BCUT2D eigenvalue weighted by Crippen LogP contribution is 2.27. The Balaban J connectivity index is 1.30. The monoisotopic (exact) mass is 424 g/mol. The lowest BCUT2D eigenvalue weighted by Gasteiger charge is -2.09. The maximum Gasteiger partial charge on any atom is 0.252 e. The number of thioether (sulfide) groups is 1. The fourth-order valence-corrected chi connectivity index (χ4v) is 4.62. The van der Waals surface area contributed by atoms with Crippen LogP contribution in [-0.4, -0.2) is 29.1 Å². The molecular weight excluding hydrogens is 404 g/mol. The standard InChI is InChI=1S/C21H20N4O2S2/c1-14-12-15(27-25-14)13-28-18-8-4-2-6-16(18)20(26)22-10-11-23-21-24-17-7-3-5-9-19(17)29-21/h2-9,12H,10-11,13H2,1H3,(H,22,26)(H,23,24). The number of rotatable bonds is 8. The molecule has 0 atom stereocenters. The summed E-state index contributed by atoms with van der Waals surface area (Å²) in [6.45, 7) is 3.01. The van der Waals surface area contributed by atoms with Crippen LogP contribution in [0.2, 0.25) is 0 Å². The van der Waals surface area contributed by atoms with Crippen LogP contribution in [0, 0.1) is 6.92 Å². The number of nitrogens with one attached hydrogen (secondary N) is 2. The average molecular weight is 425 g/mol. The minimum absolute atomic E-state index is 0.0899. The van der Waals surface area contributed by atoms with Gasteiger partial charge in [-0.15, -0.1) is 11.8 Å². The lowest BCUT2D eigenvalue weighted by atomic mass is 10.2. The van der Waals surface area contributed by atoms with Crippen LogP contribution in [0.25, 0.3) is 10.2 Å². The molecule has 0 radical (unpaired) electrons. The summed E-state index contributed by atoms with van der Waals surface area (Å²) in [5.41, 5.74) is 2.50. The number of aromatic nitrogens is 2. The first-order valence-electron chi connectivity index (χ1n) is 9.21. The molecule has 2 aromatic carbocycles. The summed E-state index contributed by atoms with van der Waals surface area (Å²) < 4.78 is 6.39. The molecule has 0 aliphatic carbocycles. The molecule has 4 rings (SSSR count). The van der Waals surface area contributed by atoms with E-state index >= 15 is 0 Å². The van der Waals surface area contributed by atoms with Gasteiger partial charge in [-0.2, -0.15) is 0 Å². The summed E-state index contributed by atoms with van der Waals surface area (Å²) in [5, 5.41) is 11.0. The zero-order valence-corrected chi connectivity index (χ0v) is 17.5. The average Bonchev–Trinajstić information content (AvgIpc) is 3.35. The molecule has 0 aliphatic rings. The van der Waals surface area contributed by atoms with Gasteiger partial charge < -0.3 is 15.2 Å². The topological polar surface area (TPSA) is 80.0 Å². The smallest absolute Gasteiger partial charge is 0.252 e. The third kappa shape index (κ3) is 4.96. The molecule has 0 saturated carbocycles. The molecule has 2 heterocycles. The Labute approximate surface area is 176 Å². The first-order valence-corrected chi connectivity index (χ1v) is 11.0. The molecule has 29 heavy (non-hydrogen) atoms. The molecule has 2 N–H and O–H groups in total. The Kier molecular flexibility index (Phi) is 6.12. The number of para-hydroxylation sites is 1. The second kappa shape index (κ2) is 9.11. The van der Waals surface area contributed by atoms with Crippen LogP contribution in [0.15, 0.2) is 64.0 Å². The van der Waals surface area contributed by atoms with Crippen LogP contribution in [0.5, 0.6) is 0 Å². The number of amides is 1. The van der Waals surface area contributed by atoms with Gasteiger partial charge in [-0.25, -0.2) is 4.98 Å². The van der Waals surface area contributed by atoms with Crippen molar-refractivity contribution in [2.24, 2.45) is 0 Å². The number of carbonyl (C=O) groups is 1. The Hall–Kier alpha value is -2.84. The van der Waals surface area contributed by atoms with Gasteiger partial charge in [-0.05, 0) is 31.2 Å². The van der Waals surface area contributed by atoms with Crippen LogP contribution in [-0.2, 0) is 5.75 Å². The molecule has 1 amide bonds. The van der Waals surface area contributed by atoms with E-state index in [-0.39, 0.29) is 5.91 Å². The van der Waals surface area contributed by atoms with Gasteiger partial charge in [0.25, 0.3) is 5.91 Å². The normalized spacial score (nSPS) is 10.9. The van der Waals surface area contributed by atoms with E-state index in [4.69, 9.17) is 4.52 Å². The summed E-state index contributed by atoms with van der Waals surface area (Å²) in [5.74, 6) is 1.33. The maximum atomic E-state index is 12.6. The van der Waals surface area contributed by atoms with Crippen LogP contribution in [0.1, 0.15) is 21.8 Å². The highest BCUT2D eigenvalue weighted by Gasteiger charge is 2.12. The molecule has 0 aliphatic heterocycles. The van der Waals surface area contributed by atoms with E-state index in [1.54, 1.807) is 23.1 Å². The minimum Gasteiger partial charge on any atom is -0.360 e. The van der Waals surface area contributed by atoms with Crippen LogP contribution in [0.4, 0.5) is 5.13 Å². The Morgan fingerprint density at radius 2 is 1.97 bits per heavy atom. The predicted molar refractivity (Wildman–Crippen MR) is 118 cm³/mol. The van der Waals surface area contributed by atoms with Gasteiger partial charge in [-0.3, -0.25) is 4.79 Å². The zero-order valence-electron chi connectivity index (χ0n) is 15.8. The number of hydrogen-bond acceptors (Lipinski definition) is 7. The van der Waals surface area contributed by atoms with Crippen molar-refractivity contribution in [3.05, 3.63) is 71.6 Å². The summed E-state index contributed by atoms with van der Waals surface area (Å²) in [4.78, 5) is 18.1. The molecule has 0 saturated heterocycles. The summed E-state index contributed by atoms with van der Waals surface area (Å²) in [7, 11) is 0. The van der Waals surface area contributed by atoms with Gasteiger partial charge in [0.15, 0.2) is 5.13 Å². The zero-order chi connectivity index (χ0) is 20.1. The fraction of sp³-hybridized carbons (Fsp3) is 0.190. The third-order valence-electron chi connectivity index (χ3n) is 4.16. The fourth-order valence-electron chi connectivity index (χ4n) is 2.80. The van der Waals surface area contributed by atoms with Crippen molar-refractivity contribution in [2.45, 2.75) is 17.6 Å². The van der Waals surface area contributed by atoms with Gasteiger partial charge in [0, 0.05) is 24.1 Å². The van der Waals surface area contributed by atoms with Crippen LogP contribution < -0.4 is 10.6 Å². The van der Waals surface area contributed by atoms with Gasteiger partial charge in [-0.1, -0.05) is 40.8 Å². The summed E-state index contributed by atoms with van der Waals surface area (Å²) in [6.07, 6.45) is 0. The number of nitrogens with zero attached hydrogens (tertiary/aromatic N) is 2. The first kappa shape index (κ1) is 19.5. The lowest BCUT2D eigenvalue weighted by molar-refractivity contribution is 0.0952. The Morgan fingerprint density at radius 1 is 1.14 bits per heavy atom. The molecule has 4 aromatic rings. The van der Waals surface area contributed by atoms with Crippen molar-refractivity contribution in [3.63, 3.8) is 0 Å². The van der Waals surface area contributed by atoms with E-state index < -0.39 is 0 Å². The van der Waals surface area contributed by atoms with Crippen molar-refractivity contribution in [2.75, 3.05) is 18.4 Å². The number of aryl methyl sites for hydroxylation is 1. The molecule has 0 spiro atoms. The van der Waals surface area contributed by atoms with E-state index in [1.807, 2.05) is 55.5 Å².